The van der Waals surface area contributed by atoms with Crippen LogP contribution in [0.3, 0.4) is 0 Å². The molecule has 2 aliphatic heterocycles. The molecule has 1 N–H and O–H groups in total. The van der Waals surface area contributed by atoms with Gasteiger partial charge in [0.25, 0.3) is 5.91 Å². The molecule has 2 heterocycles. The zero-order chi connectivity index (χ0) is 14.2. The molecule has 0 aliphatic carbocycles. The number of carbonyl (C=O) groups excluding carboxylic acids is 3. The van der Waals surface area contributed by atoms with Gasteiger partial charge < -0.3 is 4.90 Å². The summed E-state index contributed by atoms with van der Waals surface area (Å²) in [6.45, 7) is 0.967. The first-order valence-electron chi connectivity index (χ1n) is 6.79. The largest absolute Gasteiger partial charge is 0.338 e. The Hall–Kier alpha value is -2.17. The first-order chi connectivity index (χ1) is 9.61. The minimum Gasteiger partial charge on any atom is -0.338 e. The van der Waals surface area contributed by atoms with E-state index in [0.29, 0.717) is 37.9 Å². The molecular weight excluding hydrogens is 256 g/mol. The van der Waals surface area contributed by atoms with Crippen molar-refractivity contribution < 1.29 is 14.4 Å². The lowest BCUT2D eigenvalue weighted by atomic mass is 9.79. The highest BCUT2D eigenvalue weighted by Gasteiger charge is 2.48. The molecule has 1 aromatic rings. The van der Waals surface area contributed by atoms with E-state index in [0.717, 1.165) is 0 Å². The van der Waals surface area contributed by atoms with Crippen molar-refractivity contribution in [1.29, 1.82) is 0 Å². The fraction of sp³-hybridized carbons (Fsp3) is 0.400. The Balaban J connectivity index is 1.75. The second kappa shape index (κ2) is 4.74. The van der Waals surface area contributed by atoms with Gasteiger partial charge >= 0.3 is 0 Å². The summed E-state index contributed by atoms with van der Waals surface area (Å²) in [6, 6.07) is 9.06. The molecule has 104 valence electrons. The number of hydrogen-bond acceptors (Lipinski definition) is 3. The van der Waals surface area contributed by atoms with Crippen LogP contribution in [0.2, 0.25) is 0 Å². The van der Waals surface area contributed by atoms with E-state index in [9.17, 15) is 14.4 Å². The summed E-state index contributed by atoms with van der Waals surface area (Å²) in [4.78, 5) is 37.4. The van der Waals surface area contributed by atoms with Gasteiger partial charge in [-0.1, -0.05) is 18.2 Å². The van der Waals surface area contributed by atoms with Gasteiger partial charge in [0.05, 0.1) is 5.41 Å². The zero-order valence-electron chi connectivity index (χ0n) is 11.1. The maximum absolute atomic E-state index is 12.4. The van der Waals surface area contributed by atoms with Crippen molar-refractivity contribution in [2.75, 3.05) is 13.1 Å². The Morgan fingerprint density at radius 2 is 1.90 bits per heavy atom. The smallest absolute Gasteiger partial charge is 0.253 e. The molecule has 0 bridgehead atoms. The van der Waals surface area contributed by atoms with Crippen LogP contribution in [0.15, 0.2) is 30.3 Å². The fourth-order valence-corrected chi connectivity index (χ4v) is 2.99. The van der Waals surface area contributed by atoms with E-state index in [2.05, 4.69) is 5.32 Å². The number of carbonyl (C=O) groups is 3. The topological polar surface area (TPSA) is 66.5 Å². The van der Waals surface area contributed by atoms with E-state index in [-0.39, 0.29) is 17.7 Å². The van der Waals surface area contributed by atoms with Crippen molar-refractivity contribution in [3.05, 3.63) is 35.9 Å². The molecule has 5 heteroatoms. The van der Waals surface area contributed by atoms with Gasteiger partial charge in [-0.05, 0) is 25.0 Å². The van der Waals surface area contributed by atoms with E-state index < -0.39 is 5.41 Å². The highest BCUT2D eigenvalue weighted by Crippen LogP contribution is 2.38. The number of nitrogens with zero attached hydrogens (tertiary/aromatic N) is 1. The van der Waals surface area contributed by atoms with Gasteiger partial charge in [0.15, 0.2) is 0 Å². The first kappa shape index (κ1) is 12.8. The van der Waals surface area contributed by atoms with E-state index in [4.69, 9.17) is 0 Å². The molecule has 1 spiro atoms. The SMILES string of the molecule is O=C1CCC2(CCN(C(=O)c3ccccc3)C2)C(=O)N1. The summed E-state index contributed by atoms with van der Waals surface area (Å²) in [5.41, 5.74) is 0.0649. The van der Waals surface area contributed by atoms with E-state index in [1.807, 2.05) is 18.2 Å². The molecule has 0 radical (unpaired) electrons. The second-order valence-corrected chi connectivity index (χ2v) is 5.50. The predicted octanol–water partition coefficient (Wildman–Crippen LogP) is 0.956. The van der Waals surface area contributed by atoms with Crippen LogP contribution in [0.5, 0.6) is 0 Å². The molecule has 3 rings (SSSR count). The van der Waals surface area contributed by atoms with E-state index in [1.165, 1.54) is 0 Å². The van der Waals surface area contributed by atoms with Crippen molar-refractivity contribution in [3.8, 4) is 0 Å². The number of nitrogens with one attached hydrogen (secondary N) is 1. The third kappa shape index (κ3) is 2.09. The third-order valence-corrected chi connectivity index (χ3v) is 4.23. The number of hydrogen-bond donors (Lipinski definition) is 1. The van der Waals surface area contributed by atoms with Crippen LogP contribution in [-0.2, 0) is 9.59 Å². The van der Waals surface area contributed by atoms with Crippen molar-refractivity contribution in [1.82, 2.24) is 10.2 Å². The lowest BCUT2D eigenvalue weighted by Crippen LogP contribution is -2.50. The number of imide groups is 1. The van der Waals surface area contributed by atoms with Gasteiger partial charge in [0.2, 0.25) is 11.8 Å². The van der Waals surface area contributed by atoms with Gasteiger partial charge in [0, 0.05) is 25.1 Å². The second-order valence-electron chi connectivity index (χ2n) is 5.50. The molecule has 2 aliphatic rings. The minimum atomic E-state index is -0.571. The molecule has 2 fully saturated rings. The lowest BCUT2D eigenvalue weighted by Gasteiger charge is -2.31. The Morgan fingerprint density at radius 3 is 2.60 bits per heavy atom. The van der Waals surface area contributed by atoms with Crippen molar-refractivity contribution >= 4 is 17.7 Å². The van der Waals surface area contributed by atoms with Crippen LogP contribution in [0.25, 0.3) is 0 Å². The maximum atomic E-state index is 12.4. The first-order valence-corrected chi connectivity index (χ1v) is 6.79. The van der Waals surface area contributed by atoms with E-state index >= 15 is 0 Å². The summed E-state index contributed by atoms with van der Waals surface area (Å²) < 4.78 is 0. The fourth-order valence-electron chi connectivity index (χ4n) is 2.99. The minimum absolute atomic E-state index is 0.0489. The van der Waals surface area contributed by atoms with Crippen LogP contribution in [0.4, 0.5) is 0 Å². The van der Waals surface area contributed by atoms with Crippen molar-refractivity contribution in [3.63, 3.8) is 0 Å². The standard InChI is InChI=1S/C15H16N2O3/c18-12-6-7-15(14(20)16-12)8-9-17(10-15)13(19)11-4-2-1-3-5-11/h1-5H,6-10H2,(H,16,18,20). The summed E-state index contributed by atoms with van der Waals surface area (Å²) in [7, 11) is 0. The Kier molecular flexibility index (Phi) is 3.04. The van der Waals surface area contributed by atoms with Gasteiger partial charge in [-0.2, -0.15) is 0 Å². The zero-order valence-corrected chi connectivity index (χ0v) is 11.1. The molecule has 2 saturated heterocycles. The van der Waals surface area contributed by atoms with Crippen LogP contribution < -0.4 is 5.32 Å². The summed E-state index contributed by atoms with van der Waals surface area (Å²) in [6.07, 6.45) is 1.53. The quantitative estimate of drug-likeness (QED) is 0.774. The van der Waals surface area contributed by atoms with Gasteiger partial charge in [0.1, 0.15) is 0 Å². The highest BCUT2D eigenvalue weighted by atomic mass is 16.2. The monoisotopic (exact) mass is 272 g/mol. The highest BCUT2D eigenvalue weighted by molar-refractivity contribution is 6.02. The van der Waals surface area contributed by atoms with Crippen LogP contribution in [-0.4, -0.2) is 35.7 Å². The number of piperidine rings is 1. The van der Waals surface area contributed by atoms with Crippen LogP contribution in [0.1, 0.15) is 29.6 Å². The van der Waals surface area contributed by atoms with Crippen molar-refractivity contribution in [2.45, 2.75) is 19.3 Å². The van der Waals surface area contributed by atoms with Gasteiger partial charge in [-0.15, -0.1) is 0 Å². The third-order valence-electron chi connectivity index (χ3n) is 4.23. The van der Waals surface area contributed by atoms with E-state index in [1.54, 1.807) is 17.0 Å². The Bertz CT molecular complexity index is 570. The molecule has 0 saturated carbocycles. The molecule has 1 unspecified atom stereocenters. The molecule has 5 nitrogen and oxygen atoms in total. The molecule has 3 amide bonds. The van der Waals surface area contributed by atoms with Crippen LogP contribution >= 0.6 is 0 Å². The average molecular weight is 272 g/mol. The Morgan fingerprint density at radius 1 is 1.15 bits per heavy atom. The summed E-state index contributed by atoms with van der Waals surface area (Å²) in [5, 5.41) is 2.40. The molecular formula is C15H16N2O3. The van der Waals surface area contributed by atoms with Gasteiger partial charge in [-0.25, -0.2) is 0 Å². The Labute approximate surface area is 116 Å². The summed E-state index contributed by atoms with van der Waals surface area (Å²) in [5.74, 6) is -0.488. The van der Waals surface area contributed by atoms with Gasteiger partial charge in [-0.3, -0.25) is 19.7 Å². The molecule has 1 atom stereocenters. The molecule has 20 heavy (non-hydrogen) atoms. The van der Waals surface area contributed by atoms with Crippen molar-refractivity contribution in [2.24, 2.45) is 5.41 Å². The molecule has 0 aromatic heterocycles. The average Bonchev–Trinajstić information content (AvgIpc) is 2.89. The number of likely N-dealkylation sites (tertiary alicyclic amines) is 1. The maximum Gasteiger partial charge on any atom is 0.253 e. The number of amides is 3. The number of benzene rings is 1. The summed E-state index contributed by atoms with van der Waals surface area (Å²) >= 11 is 0. The van der Waals surface area contributed by atoms with Crippen LogP contribution in [0, 0.1) is 5.41 Å². The lowest BCUT2D eigenvalue weighted by molar-refractivity contribution is -0.141. The normalized spacial score (nSPS) is 25.9. The number of rotatable bonds is 1. The predicted molar refractivity (Wildman–Crippen MR) is 71.8 cm³/mol. The molecule has 1 aromatic carbocycles.